The first-order chi connectivity index (χ1) is 13.1. The van der Waals surface area contributed by atoms with E-state index in [1.807, 2.05) is 18.2 Å². The van der Waals surface area contributed by atoms with Crippen molar-refractivity contribution in [3.05, 3.63) is 76.9 Å². The third-order valence-electron chi connectivity index (χ3n) is 4.51. The van der Waals surface area contributed by atoms with E-state index in [-0.39, 0.29) is 17.3 Å². The van der Waals surface area contributed by atoms with Gasteiger partial charge in [-0.3, -0.25) is 5.10 Å². The van der Waals surface area contributed by atoms with E-state index in [0.717, 1.165) is 5.56 Å². The van der Waals surface area contributed by atoms with Crippen LogP contribution in [0.5, 0.6) is 11.6 Å². The third kappa shape index (κ3) is 2.68. The van der Waals surface area contributed by atoms with Crippen molar-refractivity contribution in [1.29, 1.82) is 5.26 Å². The quantitative estimate of drug-likeness (QED) is 0.744. The van der Waals surface area contributed by atoms with E-state index < -0.39 is 11.7 Å². The zero-order valence-corrected chi connectivity index (χ0v) is 14.4. The molecule has 0 fully saturated rings. The number of halogens is 1. The molecule has 1 aliphatic rings. The lowest BCUT2D eigenvalue weighted by molar-refractivity contribution is 0.378. The summed E-state index contributed by atoms with van der Waals surface area (Å²) in [6.07, 6.45) is 0. The number of H-pyrrole nitrogens is 1. The summed E-state index contributed by atoms with van der Waals surface area (Å²) >= 11 is 0. The highest BCUT2D eigenvalue weighted by Gasteiger charge is 2.36. The molecule has 0 unspecified atom stereocenters. The Balaban J connectivity index is 1.97. The molecule has 2 heterocycles. The number of hydrogen-bond acceptors (Lipinski definition) is 5. The van der Waals surface area contributed by atoms with Crippen molar-refractivity contribution in [2.75, 3.05) is 7.11 Å². The second-order valence-corrected chi connectivity index (χ2v) is 6.00. The molecule has 2 aromatic carbocycles. The van der Waals surface area contributed by atoms with E-state index in [1.54, 1.807) is 31.4 Å². The maximum atomic E-state index is 14.4. The van der Waals surface area contributed by atoms with Crippen molar-refractivity contribution in [3.63, 3.8) is 0 Å². The number of nitrogens with zero attached hydrogens (tertiary/aromatic N) is 2. The fourth-order valence-electron chi connectivity index (χ4n) is 3.27. The summed E-state index contributed by atoms with van der Waals surface area (Å²) in [4.78, 5) is 0. The number of aromatic nitrogens is 2. The molecular weight excluding hydrogens is 347 g/mol. The van der Waals surface area contributed by atoms with Crippen LogP contribution in [0, 0.1) is 17.1 Å². The van der Waals surface area contributed by atoms with Crippen LogP contribution in [-0.4, -0.2) is 17.3 Å². The average Bonchev–Trinajstić information content (AvgIpc) is 3.10. The van der Waals surface area contributed by atoms with Gasteiger partial charge in [-0.2, -0.15) is 5.26 Å². The number of nitrogens with one attached hydrogen (secondary N) is 1. The topological polar surface area (TPSA) is 96.9 Å². The van der Waals surface area contributed by atoms with E-state index in [0.29, 0.717) is 22.6 Å². The SMILES string of the molecule is COc1cccc([C@@H]2C(C#N)=C(N)Oc3n[nH]c(-c4ccccc4F)c32)c1. The van der Waals surface area contributed by atoms with E-state index in [9.17, 15) is 9.65 Å². The number of methoxy groups -OCH3 is 1. The van der Waals surface area contributed by atoms with Gasteiger partial charge < -0.3 is 15.2 Å². The monoisotopic (exact) mass is 362 g/mol. The molecule has 7 heteroatoms. The van der Waals surface area contributed by atoms with Gasteiger partial charge in [-0.25, -0.2) is 4.39 Å². The largest absolute Gasteiger partial charge is 0.497 e. The highest BCUT2D eigenvalue weighted by atomic mass is 19.1. The van der Waals surface area contributed by atoms with Gasteiger partial charge in [-0.15, -0.1) is 5.10 Å². The van der Waals surface area contributed by atoms with Crippen LogP contribution in [0.3, 0.4) is 0 Å². The number of allylic oxidation sites excluding steroid dienone is 1. The van der Waals surface area contributed by atoms with Crippen molar-refractivity contribution in [2.24, 2.45) is 5.73 Å². The zero-order valence-electron chi connectivity index (χ0n) is 14.4. The van der Waals surface area contributed by atoms with Crippen LogP contribution in [-0.2, 0) is 0 Å². The molecule has 6 nitrogen and oxygen atoms in total. The van der Waals surface area contributed by atoms with Crippen molar-refractivity contribution in [1.82, 2.24) is 10.2 Å². The Labute approximate surface area is 154 Å². The summed E-state index contributed by atoms with van der Waals surface area (Å²) in [6.45, 7) is 0. The number of nitrogens with two attached hydrogens (primary N) is 1. The molecule has 1 aliphatic heterocycles. The van der Waals surface area contributed by atoms with Crippen LogP contribution in [0.4, 0.5) is 4.39 Å². The lowest BCUT2D eigenvalue weighted by Crippen LogP contribution is -2.21. The molecule has 3 aromatic rings. The maximum Gasteiger partial charge on any atom is 0.244 e. The lowest BCUT2D eigenvalue weighted by Gasteiger charge is -2.24. The lowest BCUT2D eigenvalue weighted by atomic mass is 9.83. The van der Waals surface area contributed by atoms with Gasteiger partial charge in [0.05, 0.1) is 24.3 Å². The Kier molecular flexibility index (Phi) is 4.01. The molecule has 1 atom stereocenters. The van der Waals surface area contributed by atoms with E-state index >= 15 is 0 Å². The second kappa shape index (κ2) is 6.50. The van der Waals surface area contributed by atoms with E-state index in [2.05, 4.69) is 16.3 Å². The van der Waals surface area contributed by atoms with Crippen molar-refractivity contribution >= 4 is 0 Å². The Morgan fingerprint density at radius 2 is 2.07 bits per heavy atom. The molecule has 0 aliphatic carbocycles. The van der Waals surface area contributed by atoms with Gasteiger partial charge >= 0.3 is 0 Å². The maximum absolute atomic E-state index is 14.4. The minimum absolute atomic E-state index is 0.0237. The molecule has 0 bridgehead atoms. The smallest absolute Gasteiger partial charge is 0.244 e. The molecule has 0 saturated carbocycles. The Bertz CT molecular complexity index is 1100. The van der Waals surface area contributed by atoms with Gasteiger partial charge in [0, 0.05) is 5.56 Å². The number of fused-ring (bicyclic) bond motifs is 1. The standard InChI is InChI=1S/C20H15FN4O2/c1-26-12-6-4-5-11(9-12)16-14(10-22)19(23)27-20-17(16)18(24-25-20)13-7-2-3-8-15(13)21/h2-9,16H,23H2,1H3,(H,24,25)/t16-/m1/s1. The molecule has 1 aromatic heterocycles. The Morgan fingerprint density at radius 3 is 2.81 bits per heavy atom. The zero-order chi connectivity index (χ0) is 19.0. The average molecular weight is 362 g/mol. The van der Waals surface area contributed by atoms with Crippen LogP contribution >= 0.6 is 0 Å². The first kappa shape index (κ1) is 16.7. The Hall–Kier alpha value is -3.79. The van der Waals surface area contributed by atoms with Gasteiger partial charge in [-0.05, 0) is 29.8 Å². The van der Waals surface area contributed by atoms with Gasteiger partial charge in [0.25, 0.3) is 0 Å². The van der Waals surface area contributed by atoms with Crippen molar-refractivity contribution < 1.29 is 13.9 Å². The summed E-state index contributed by atoms with van der Waals surface area (Å²) in [5, 5.41) is 16.7. The summed E-state index contributed by atoms with van der Waals surface area (Å²) in [6, 6.07) is 15.7. The third-order valence-corrected chi connectivity index (χ3v) is 4.51. The van der Waals surface area contributed by atoms with Crippen LogP contribution in [0.1, 0.15) is 17.0 Å². The van der Waals surface area contributed by atoms with Crippen molar-refractivity contribution in [2.45, 2.75) is 5.92 Å². The molecule has 27 heavy (non-hydrogen) atoms. The molecule has 0 saturated heterocycles. The number of ether oxygens (including phenoxy) is 2. The number of nitriles is 1. The van der Waals surface area contributed by atoms with Crippen LogP contribution < -0.4 is 15.2 Å². The summed E-state index contributed by atoms with van der Waals surface area (Å²) < 4.78 is 25.2. The number of aromatic amines is 1. The fourth-order valence-corrected chi connectivity index (χ4v) is 3.27. The molecule has 0 amide bonds. The second-order valence-electron chi connectivity index (χ2n) is 6.00. The van der Waals surface area contributed by atoms with E-state index in [4.69, 9.17) is 15.2 Å². The predicted octanol–water partition coefficient (Wildman–Crippen LogP) is 3.44. The first-order valence-electron chi connectivity index (χ1n) is 8.18. The minimum atomic E-state index is -0.567. The summed E-state index contributed by atoms with van der Waals surface area (Å²) in [5.41, 5.74) is 8.28. The van der Waals surface area contributed by atoms with Crippen molar-refractivity contribution in [3.8, 4) is 29.0 Å². The van der Waals surface area contributed by atoms with Crippen LogP contribution in [0.2, 0.25) is 0 Å². The first-order valence-corrected chi connectivity index (χ1v) is 8.18. The number of hydrogen-bond donors (Lipinski definition) is 2. The summed E-state index contributed by atoms with van der Waals surface area (Å²) in [5.74, 6) is -0.147. The number of rotatable bonds is 3. The van der Waals surface area contributed by atoms with Gasteiger partial charge in [-0.1, -0.05) is 24.3 Å². The van der Waals surface area contributed by atoms with Crippen LogP contribution in [0.15, 0.2) is 60.0 Å². The number of benzene rings is 2. The highest BCUT2D eigenvalue weighted by Crippen LogP contribution is 2.46. The minimum Gasteiger partial charge on any atom is -0.497 e. The van der Waals surface area contributed by atoms with Crippen LogP contribution in [0.25, 0.3) is 11.3 Å². The fraction of sp³-hybridized carbons (Fsp3) is 0.100. The Morgan fingerprint density at radius 1 is 1.26 bits per heavy atom. The van der Waals surface area contributed by atoms with Gasteiger partial charge in [0.15, 0.2) is 0 Å². The van der Waals surface area contributed by atoms with E-state index in [1.165, 1.54) is 6.07 Å². The molecule has 134 valence electrons. The normalized spacial score (nSPS) is 15.7. The molecule has 4 rings (SSSR count). The summed E-state index contributed by atoms with van der Waals surface area (Å²) in [7, 11) is 1.56. The molecular formula is C20H15FN4O2. The predicted molar refractivity (Wildman–Crippen MR) is 96.3 cm³/mol. The molecule has 0 spiro atoms. The molecule has 0 radical (unpaired) electrons. The van der Waals surface area contributed by atoms with Gasteiger partial charge in [0.1, 0.15) is 23.2 Å². The highest BCUT2D eigenvalue weighted by molar-refractivity contribution is 5.71. The van der Waals surface area contributed by atoms with Gasteiger partial charge in [0.2, 0.25) is 11.8 Å². The molecule has 3 N–H and O–H groups in total.